The van der Waals surface area contributed by atoms with Crippen molar-refractivity contribution in [2.45, 2.75) is 0 Å². The van der Waals surface area contributed by atoms with Gasteiger partial charge in [0.15, 0.2) is 0 Å². The van der Waals surface area contributed by atoms with E-state index in [1.807, 2.05) is 0 Å². The molecular weight excluding hydrogens is 370 g/mol. The van der Waals surface area contributed by atoms with Gasteiger partial charge in [0.1, 0.15) is 24.0 Å². The molecule has 0 aliphatic heterocycles. The standard InChI is InChI=1S/C16H15BrF2N2O2/c1-21(6-7-23-12-4-2-11(18)3-5-12)14-9-10(17)8-13(19)15(14)16(20)22/h2-5,8-9H,6-7H2,1H3,(H2,20,22). The maximum absolute atomic E-state index is 13.9. The summed E-state index contributed by atoms with van der Waals surface area (Å²) in [5, 5.41) is 0. The van der Waals surface area contributed by atoms with Crippen LogP contribution in [0.2, 0.25) is 0 Å². The van der Waals surface area contributed by atoms with Crippen LogP contribution in [0.3, 0.4) is 0 Å². The Kier molecular flexibility index (Phi) is 5.54. The zero-order valence-corrected chi connectivity index (χ0v) is 13.9. The van der Waals surface area contributed by atoms with Crippen LogP contribution < -0.4 is 15.4 Å². The minimum Gasteiger partial charge on any atom is -0.492 e. The van der Waals surface area contributed by atoms with E-state index in [-0.39, 0.29) is 18.0 Å². The van der Waals surface area contributed by atoms with Crippen LogP contribution in [-0.4, -0.2) is 26.1 Å². The Morgan fingerprint density at radius 3 is 2.52 bits per heavy atom. The fourth-order valence-corrected chi connectivity index (χ4v) is 2.47. The average Bonchev–Trinajstić information content (AvgIpc) is 2.47. The zero-order valence-electron chi connectivity index (χ0n) is 12.4. The van der Waals surface area contributed by atoms with Crippen molar-refractivity contribution < 1.29 is 18.3 Å². The number of nitrogens with two attached hydrogens (primary N) is 1. The molecule has 0 heterocycles. The van der Waals surface area contributed by atoms with Gasteiger partial charge in [-0.2, -0.15) is 0 Å². The number of halogens is 3. The van der Waals surface area contributed by atoms with Gasteiger partial charge in [-0.05, 0) is 36.4 Å². The Balaban J connectivity index is 2.07. The van der Waals surface area contributed by atoms with Crippen molar-refractivity contribution in [2.75, 3.05) is 25.1 Å². The first-order valence-corrected chi connectivity index (χ1v) is 7.56. The van der Waals surface area contributed by atoms with Gasteiger partial charge in [0.2, 0.25) is 0 Å². The van der Waals surface area contributed by atoms with Crippen LogP contribution in [0.1, 0.15) is 10.4 Å². The fourth-order valence-electron chi connectivity index (χ4n) is 2.06. The van der Waals surface area contributed by atoms with Gasteiger partial charge in [0, 0.05) is 11.5 Å². The zero-order chi connectivity index (χ0) is 17.0. The Labute approximate surface area is 141 Å². The van der Waals surface area contributed by atoms with Crippen molar-refractivity contribution in [2.24, 2.45) is 5.73 Å². The predicted octanol–water partition coefficient (Wildman–Crippen LogP) is 3.34. The Morgan fingerprint density at radius 2 is 1.91 bits per heavy atom. The summed E-state index contributed by atoms with van der Waals surface area (Å²) in [4.78, 5) is 13.1. The molecule has 0 unspecified atom stereocenters. The summed E-state index contributed by atoms with van der Waals surface area (Å²) in [6, 6.07) is 8.43. The van der Waals surface area contributed by atoms with Gasteiger partial charge < -0.3 is 15.4 Å². The van der Waals surface area contributed by atoms with Gasteiger partial charge in [-0.15, -0.1) is 0 Å². The van der Waals surface area contributed by atoms with Crippen molar-refractivity contribution in [3.8, 4) is 5.75 Å². The van der Waals surface area contributed by atoms with Crippen LogP contribution in [0, 0.1) is 11.6 Å². The molecule has 0 saturated carbocycles. The maximum Gasteiger partial charge on any atom is 0.253 e. The predicted molar refractivity (Wildman–Crippen MR) is 87.8 cm³/mol. The molecule has 122 valence electrons. The number of amides is 1. The number of hydrogen-bond donors (Lipinski definition) is 1. The van der Waals surface area contributed by atoms with E-state index in [1.165, 1.54) is 30.3 Å². The minimum atomic E-state index is -0.837. The molecule has 0 aliphatic carbocycles. The van der Waals surface area contributed by atoms with E-state index in [9.17, 15) is 13.6 Å². The maximum atomic E-state index is 13.9. The molecule has 2 aromatic rings. The summed E-state index contributed by atoms with van der Waals surface area (Å²) < 4.78 is 32.7. The van der Waals surface area contributed by atoms with Gasteiger partial charge in [-0.1, -0.05) is 15.9 Å². The first-order chi connectivity index (χ1) is 10.9. The van der Waals surface area contributed by atoms with E-state index in [2.05, 4.69) is 15.9 Å². The van der Waals surface area contributed by atoms with Gasteiger partial charge in [-0.3, -0.25) is 4.79 Å². The molecule has 0 spiro atoms. The van der Waals surface area contributed by atoms with Crippen molar-refractivity contribution >= 4 is 27.5 Å². The summed E-state index contributed by atoms with van der Waals surface area (Å²) in [7, 11) is 1.70. The summed E-state index contributed by atoms with van der Waals surface area (Å²) in [5.41, 5.74) is 5.45. The van der Waals surface area contributed by atoms with E-state index in [0.29, 0.717) is 22.5 Å². The third kappa shape index (κ3) is 4.41. The molecule has 23 heavy (non-hydrogen) atoms. The van der Waals surface area contributed by atoms with Gasteiger partial charge >= 0.3 is 0 Å². The van der Waals surface area contributed by atoms with E-state index < -0.39 is 11.7 Å². The van der Waals surface area contributed by atoms with Crippen molar-refractivity contribution in [3.63, 3.8) is 0 Å². The summed E-state index contributed by atoms with van der Waals surface area (Å²) in [5.74, 6) is -1.34. The number of nitrogens with zero attached hydrogens (tertiary/aromatic N) is 1. The molecule has 2 aromatic carbocycles. The largest absolute Gasteiger partial charge is 0.492 e. The molecule has 0 saturated heterocycles. The van der Waals surface area contributed by atoms with Gasteiger partial charge in [0.25, 0.3) is 5.91 Å². The molecule has 4 nitrogen and oxygen atoms in total. The SMILES string of the molecule is CN(CCOc1ccc(F)cc1)c1cc(Br)cc(F)c1C(N)=O. The number of benzene rings is 2. The second-order valence-corrected chi connectivity index (χ2v) is 5.79. The highest BCUT2D eigenvalue weighted by Crippen LogP contribution is 2.27. The van der Waals surface area contributed by atoms with Gasteiger partial charge in [-0.25, -0.2) is 8.78 Å². The second-order valence-electron chi connectivity index (χ2n) is 4.87. The monoisotopic (exact) mass is 384 g/mol. The Bertz CT molecular complexity index is 708. The van der Waals surface area contributed by atoms with Gasteiger partial charge in [0.05, 0.1) is 17.8 Å². The van der Waals surface area contributed by atoms with Crippen molar-refractivity contribution in [1.82, 2.24) is 0 Å². The first kappa shape index (κ1) is 17.2. The fraction of sp³-hybridized carbons (Fsp3) is 0.188. The molecule has 0 aromatic heterocycles. The quantitative estimate of drug-likeness (QED) is 0.830. The highest BCUT2D eigenvalue weighted by molar-refractivity contribution is 9.10. The van der Waals surface area contributed by atoms with Crippen LogP contribution in [0.4, 0.5) is 14.5 Å². The molecule has 0 atom stereocenters. The molecule has 2 rings (SSSR count). The Hall–Kier alpha value is -2.15. The lowest BCUT2D eigenvalue weighted by molar-refractivity contribution is 0.0997. The molecule has 0 radical (unpaired) electrons. The average molecular weight is 385 g/mol. The highest BCUT2D eigenvalue weighted by atomic mass is 79.9. The third-order valence-electron chi connectivity index (χ3n) is 3.20. The van der Waals surface area contributed by atoms with Crippen molar-refractivity contribution in [3.05, 3.63) is 58.1 Å². The number of hydrogen-bond acceptors (Lipinski definition) is 3. The number of carbonyl (C=O) groups is 1. The lowest BCUT2D eigenvalue weighted by atomic mass is 10.1. The minimum absolute atomic E-state index is 0.169. The van der Waals surface area contributed by atoms with Crippen LogP contribution >= 0.6 is 15.9 Å². The second kappa shape index (κ2) is 7.41. The summed E-state index contributed by atoms with van der Waals surface area (Å²) in [6.45, 7) is 0.655. The van der Waals surface area contributed by atoms with E-state index in [4.69, 9.17) is 10.5 Å². The molecule has 2 N–H and O–H groups in total. The Morgan fingerprint density at radius 1 is 1.26 bits per heavy atom. The van der Waals surface area contributed by atoms with Crippen LogP contribution in [-0.2, 0) is 0 Å². The van der Waals surface area contributed by atoms with Crippen LogP contribution in [0.5, 0.6) is 5.75 Å². The van der Waals surface area contributed by atoms with E-state index >= 15 is 0 Å². The van der Waals surface area contributed by atoms with E-state index in [1.54, 1.807) is 18.0 Å². The molecule has 0 bridgehead atoms. The summed E-state index contributed by atoms with van der Waals surface area (Å²) >= 11 is 3.19. The number of likely N-dealkylation sites (N-methyl/N-ethyl adjacent to an activating group) is 1. The van der Waals surface area contributed by atoms with Crippen molar-refractivity contribution in [1.29, 1.82) is 0 Å². The number of rotatable bonds is 6. The lowest BCUT2D eigenvalue weighted by Gasteiger charge is -2.22. The topological polar surface area (TPSA) is 55.6 Å². The molecule has 0 fully saturated rings. The first-order valence-electron chi connectivity index (χ1n) is 6.77. The van der Waals surface area contributed by atoms with Crippen LogP contribution in [0.15, 0.2) is 40.9 Å². The molecule has 1 amide bonds. The summed E-state index contributed by atoms with van der Waals surface area (Å²) in [6.07, 6.45) is 0. The number of primary amides is 1. The smallest absolute Gasteiger partial charge is 0.253 e. The van der Waals surface area contributed by atoms with E-state index in [0.717, 1.165) is 0 Å². The highest BCUT2D eigenvalue weighted by Gasteiger charge is 2.18. The molecular formula is C16H15BrF2N2O2. The van der Waals surface area contributed by atoms with Crippen LogP contribution in [0.25, 0.3) is 0 Å². The molecule has 7 heteroatoms. The molecule has 0 aliphatic rings. The number of ether oxygens (including phenoxy) is 1. The number of anilines is 1. The number of carbonyl (C=O) groups excluding carboxylic acids is 1. The third-order valence-corrected chi connectivity index (χ3v) is 3.66. The lowest BCUT2D eigenvalue weighted by Crippen LogP contribution is -2.27. The normalized spacial score (nSPS) is 10.4.